The first-order valence-corrected chi connectivity index (χ1v) is 2.54. The molecule has 0 radical (unpaired) electrons. The Labute approximate surface area is 50.9 Å². The Hall–Kier alpha value is 0.250. The van der Waals surface area contributed by atoms with Crippen LogP contribution in [0.5, 0.6) is 0 Å². The van der Waals surface area contributed by atoms with Crippen molar-refractivity contribution in [2.24, 2.45) is 5.92 Å². The highest BCUT2D eigenvalue weighted by Gasteiger charge is 2.19. The van der Waals surface area contributed by atoms with Gasteiger partial charge in [0.25, 0.3) is 0 Å². The molecule has 2 atom stereocenters. The highest BCUT2D eigenvalue weighted by molar-refractivity contribution is 5.85. The molecule has 0 unspecified atom stereocenters. The molecule has 0 amide bonds. The van der Waals surface area contributed by atoms with E-state index in [0.717, 1.165) is 12.0 Å². The van der Waals surface area contributed by atoms with Gasteiger partial charge in [-0.1, -0.05) is 6.92 Å². The molecule has 1 rings (SSSR count). The van der Waals surface area contributed by atoms with Crippen LogP contribution >= 0.6 is 12.4 Å². The van der Waals surface area contributed by atoms with Crippen LogP contribution < -0.4 is 5.32 Å². The lowest BCUT2D eigenvalue weighted by Gasteiger charge is -2.31. The zero-order valence-electron chi connectivity index (χ0n) is 4.77. The fourth-order valence-corrected chi connectivity index (χ4v) is 0.589. The average molecular weight is 122 g/mol. The van der Waals surface area contributed by atoms with E-state index in [1.807, 2.05) is 0 Å². The maximum atomic E-state index is 3.26. The van der Waals surface area contributed by atoms with E-state index in [0.29, 0.717) is 0 Å². The molecule has 0 saturated carbocycles. The maximum absolute atomic E-state index is 3.26. The molecule has 44 valence electrons. The van der Waals surface area contributed by atoms with Gasteiger partial charge >= 0.3 is 0 Å². The number of hydrogen-bond acceptors (Lipinski definition) is 1. The van der Waals surface area contributed by atoms with E-state index in [-0.39, 0.29) is 12.4 Å². The summed E-state index contributed by atoms with van der Waals surface area (Å²) in [6, 6.07) is 0.782. The fourth-order valence-electron chi connectivity index (χ4n) is 0.589. The van der Waals surface area contributed by atoms with Crippen LogP contribution in [0.25, 0.3) is 0 Å². The minimum Gasteiger partial charge on any atom is -0.314 e. The minimum atomic E-state index is 0. The first-order chi connectivity index (χ1) is 2.80. The van der Waals surface area contributed by atoms with Crippen LogP contribution in [0.4, 0.5) is 0 Å². The molecule has 0 aromatic carbocycles. The lowest BCUT2D eigenvalue weighted by Crippen LogP contribution is -2.49. The van der Waals surface area contributed by atoms with Gasteiger partial charge in [0.1, 0.15) is 0 Å². The second-order valence-electron chi connectivity index (χ2n) is 2.17. The van der Waals surface area contributed by atoms with Crippen molar-refractivity contribution >= 4 is 12.4 Å². The van der Waals surface area contributed by atoms with Crippen molar-refractivity contribution in [1.29, 1.82) is 0 Å². The van der Waals surface area contributed by atoms with Gasteiger partial charge in [-0.05, 0) is 19.4 Å². The van der Waals surface area contributed by atoms with Crippen LogP contribution in [0.2, 0.25) is 0 Å². The summed E-state index contributed by atoms with van der Waals surface area (Å²) in [6.07, 6.45) is 0. The molecule has 0 aliphatic carbocycles. The van der Waals surface area contributed by atoms with Crippen LogP contribution in [0.3, 0.4) is 0 Å². The van der Waals surface area contributed by atoms with E-state index in [4.69, 9.17) is 0 Å². The van der Waals surface area contributed by atoms with Crippen molar-refractivity contribution in [2.75, 3.05) is 6.54 Å². The summed E-state index contributed by atoms with van der Waals surface area (Å²) in [5.74, 6) is 0.921. The van der Waals surface area contributed by atoms with E-state index < -0.39 is 0 Å². The largest absolute Gasteiger partial charge is 0.314 e. The van der Waals surface area contributed by atoms with Crippen molar-refractivity contribution in [3.8, 4) is 0 Å². The molecule has 1 aliphatic heterocycles. The monoisotopic (exact) mass is 121 g/mol. The SMILES string of the molecule is C[C@H]1CN[C@@H]1C.Cl. The summed E-state index contributed by atoms with van der Waals surface area (Å²) >= 11 is 0. The molecule has 0 spiro atoms. The molecule has 1 N–H and O–H groups in total. The van der Waals surface area contributed by atoms with Gasteiger partial charge in [0.2, 0.25) is 0 Å². The smallest absolute Gasteiger partial charge is 0.00765 e. The van der Waals surface area contributed by atoms with Gasteiger partial charge in [-0.2, -0.15) is 0 Å². The third kappa shape index (κ3) is 1.32. The average Bonchev–Trinajstić information content (AvgIpc) is 1.61. The van der Waals surface area contributed by atoms with E-state index >= 15 is 0 Å². The van der Waals surface area contributed by atoms with Crippen LogP contribution in [0.1, 0.15) is 13.8 Å². The number of rotatable bonds is 0. The Bertz CT molecular complexity index is 48.0. The summed E-state index contributed by atoms with van der Waals surface area (Å²) in [7, 11) is 0. The molecule has 1 saturated heterocycles. The Balaban J connectivity index is 0.000000360. The van der Waals surface area contributed by atoms with Crippen molar-refractivity contribution in [1.82, 2.24) is 5.32 Å². The van der Waals surface area contributed by atoms with Crippen molar-refractivity contribution in [3.63, 3.8) is 0 Å². The third-order valence-corrected chi connectivity index (χ3v) is 1.62. The number of hydrogen-bond donors (Lipinski definition) is 1. The predicted octanol–water partition coefficient (Wildman–Crippen LogP) is 1.04. The molecule has 0 aromatic heterocycles. The molecule has 1 heterocycles. The second-order valence-corrected chi connectivity index (χ2v) is 2.17. The van der Waals surface area contributed by atoms with Crippen LogP contribution in [0.15, 0.2) is 0 Å². The fraction of sp³-hybridized carbons (Fsp3) is 1.00. The van der Waals surface area contributed by atoms with Crippen LogP contribution in [-0.4, -0.2) is 12.6 Å². The molecular weight excluding hydrogens is 110 g/mol. The van der Waals surface area contributed by atoms with Crippen molar-refractivity contribution < 1.29 is 0 Å². The van der Waals surface area contributed by atoms with Gasteiger partial charge in [-0.25, -0.2) is 0 Å². The highest BCUT2D eigenvalue weighted by atomic mass is 35.5. The predicted molar refractivity (Wildman–Crippen MR) is 33.9 cm³/mol. The first-order valence-electron chi connectivity index (χ1n) is 2.54. The topological polar surface area (TPSA) is 12.0 Å². The minimum absolute atomic E-state index is 0. The Morgan fingerprint density at radius 1 is 1.43 bits per heavy atom. The van der Waals surface area contributed by atoms with Gasteiger partial charge in [0.15, 0.2) is 0 Å². The summed E-state index contributed by atoms with van der Waals surface area (Å²) in [5.41, 5.74) is 0. The highest BCUT2D eigenvalue weighted by Crippen LogP contribution is 2.08. The summed E-state index contributed by atoms with van der Waals surface area (Å²) in [4.78, 5) is 0. The molecule has 0 bridgehead atoms. The molecule has 7 heavy (non-hydrogen) atoms. The van der Waals surface area contributed by atoms with Gasteiger partial charge < -0.3 is 5.32 Å². The van der Waals surface area contributed by atoms with Crippen molar-refractivity contribution in [2.45, 2.75) is 19.9 Å². The van der Waals surface area contributed by atoms with Crippen molar-refractivity contribution in [3.05, 3.63) is 0 Å². The van der Waals surface area contributed by atoms with Gasteiger partial charge in [0.05, 0.1) is 0 Å². The molecule has 1 nitrogen and oxygen atoms in total. The quantitative estimate of drug-likeness (QED) is 0.505. The van der Waals surface area contributed by atoms with Crippen LogP contribution in [0, 0.1) is 5.92 Å². The third-order valence-electron chi connectivity index (χ3n) is 1.62. The Morgan fingerprint density at radius 3 is 1.86 bits per heavy atom. The molecule has 2 heteroatoms. The van der Waals surface area contributed by atoms with E-state index in [2.05, 4.69) is 19.2 Å². The van der Waals surface area contributed by atoms with Gasteiger partial charge in [-0.15, -0.1) is 12.4 Å². The molecule has 1 fully saturated rings. The molecular formula is C5H12ClN. The second kappa shape index (κ2) is 2.53. The lowest BCUT2D eigenvalue weighted by molar-refractivity contribution is 0.274. The van der Waals surface area contributed by atoms with E-state index in [9.17, 15) is 0 Å². The van der Waals surface area contributed by atoms with Gasteiger partial charge in [0, 0.05) is 6.04 Å². The standard InChI is InChI=1S/C5H11N.ClH/c1-4-3-6-5(4)2;/h4-6H,3H2,1-2H3;1H/t4-,5+;/m0./s1. The van der Waals surface area contributed by atoms with Crippen LogP contribution in [-0.2, 0) is 0 Å². The Morgan fingerprint density at radius 2 is 1.86 bits per heavy atom. The maximum Gasteiger partial charge on any atom is 0.00765 e. The number of halogens is 1. The first kappa shape index (κ1) is 7.25. The summed E-state index contributed by atoms with van der Waals surface area (Å²) in [6.45, 7) is 5.70. The molecule has 1 aliphatic rings. The summed E-state index contributed by atoms with van der Waals surface area (Å²) in [5, 5.41) is 3.26. The number of nitrogens with one attached hydrogen (secondary N) is 1. The van der Waals surface area contributed by atoms with Gasteiger partial charge in [-0.3, -0.25) is 0 Å². The lowest BCUT2D eigenvalue weighted by atomic mass is 9.96. The zero-order valence-corrected chi connectivity index (χ0v) is 5.59. The molecule has 0 aromatic rings. The Kier molecular flexibility index (Phi) is 2.62. The zero-order chi connectivity index (χ0) is 4.57. The normalized spacial score (nSPS) is 38.6. The van der Waals surface area contributed by atoms with E-state index in [1.54, 1.807) is 0 Å². The van der Waals surface area contributed by atoms with E-state index in [1.165, 1.54) is 6.54 Å². The summed E-state index contributed by atoms with van der Waals surface area (Å²) < 4.78 is 0.